The molecule has 0 aromatic carbocycles. The molecule has 0 spiro atoms. The van der Waals surface area contributed by atoms with Gasteiger partial charge in [0.05, 0.1) is 18.1 Å². The normalized spacial score (nSPS) is 15.3. The van der Waals surface area contributed by atoms with Crippen molar-refractivity contribution in [3.05, 3.63) is 31.0 Å². The molecule has 1 aliphatic rings. The molecule has 10 heteroatoms. The third-order valence-corrected chi connectivity index (χ3v) is 4.01. The maximum absolute atomic E-state index is 12.5. The molecule has 1 aliphatic heterocycles. The molecule has 0 atom stereocenters. The predicted octanol–water partition coefficient (Wildman–Crippen LogP) is -0.454. The van der Waals surface area contributed by atoms with Crippen LogP contribution in [0.3, 0.4) is 0 Å². The third kappa shape index (κ3) is 4.26. The Bertz CT molecular complexity index is 758. The van der Waals surface area contributed by atoms with Gasteiger partial charge in [0.1, 0.15) is 12.4 Å². The van der Waals surface area contributed by atoms with E-state index in [-0.39, 0.29) is 12.5 Å². The number of nitrogens with one attached hydrogen (secondary N) is 2. The predicted molar refractivity (Wildman–Crippen MR) is 99.0 cm³/mol. The Hall–Kier alpha value is -3.17. The largest absolute Gasteiger partial charge is 0.367 e. The summed E-state index contributed by atoms with van der Waals surface area (Å²) in [4.78, 5) is 28.6. The van der Waals surface area contributed by atoms with Crippen LogP contribution in [0, 0.1) is 0 Å². The first-order valence-electron chi connectivity index (χ1n) is 8.42. The van der Waals surface area contributed by atoms with Crippen LogP contribution in [0.15, 0.2) is 36.0 Å². The van der Waals surface area contributed by atoms with E-state index in [4.69, 9.17) is 0 Å². The SMILES string of the molecule is CN=C(NCCNc1cnccn1)N1CCN(c2cnn(C)c2)C(=O)C1. The molecule has 1 fully saturated rings. The minimum Gasteiger partial charge on any atom is -0.367 e. The maximum Gasteiger partial charge on any atom is 0.246 e. The van der Waals surface area contributed by atoms with Crippen LogP contribution >= 0.6 is 0 Å². The lowest BCUT2D eigenvalue weighted by Crippen LogP contribution is -2.55. The number of amides is 1. The fraction of sp³-hybridized carbons (Fsp3) is 0.438. The standard InChI is InChI=1S/C16H23N9O/c1-17-16(21-6-5-20-14-10-18-3-4-19-14)24-7-8-25(15(26)12-24)13-9-22-23(2)11-13/h3-4,9-11H,5-8,12H2,1-2H3,(H,17,21)(H,19,20). The molecule has 0 unspecified atom stereocenters. The number of carbonyl (C=O) groups excluding carboxylic acids is 1. The molecule has 0 radical (unpaired) electrons. The van der Waals surface area contributed by atoms with Gasteiger partial charge in [-0.1, -0.05) is 0 Å². The molecule has 0 bridgehead atoms. The van der Waals surface area contributed by atoms with E-state index in [1.807, 2.05) is 18.1 Å². The van der Waals surface area contributed by atoms with Gasteiger partial charge in [-0.05, 0) is 0 Å². The van der Waals surface area contributed by atoms with Gasteiger partial charge in [0.15, 0.2) is 5.96 Å². The summed E-state index contributed by atoms with van der Waals surface area (Å²) in [6.07, 6.45) is 8.50. The molecule has 0 saturated carbocycles. The molecule has 138 valence electrons. The third-order valence-electron chi connectivity index (χ3n) is 4.01. The Morgan fingerprint density at radius 1 is 1.27 bits per heavy atom. The minimum absolute atomic E-state index is 0.0323. The topological polar surface area (TPSA) is 104 Å². The summed E-state index contributed by atoms with van der Waals surface area (Å²) in [5.74, 6) is 1.47. The summed E-state index contributed by atoms with van der Waals surface area (Å²) in [7, 11) is 3.56. The van der Waals surface area contributed by atoms with E-state index < -0.39 is 0 Å². The molecule has 10 nitrogen and oxygen atoms in total. The zero-order valence-corrected chi connectivity index (χ0v) is 15.0. The van der Waals surface area contributed by atoms with Gasteiger partial charge < -0.3 is 20.4 Å². The Morgan fingerprint density at radius 2 is 2.15 bits per heavy atom. The highest BCUT2D eigenvalue weighted by Crippen LogP contribution is 2.15. The number of aliphatic imine (C=N–C) groups is 1. The van der Waals surface area contributed by atoms with Crippen LogP contribution < -0.4 is 15.5 Å². The molecule has 1 saturated heterocycles. The second-order valence-corrected chi connectivity index (χ2v) is 5.83. The highest BCUT2D eigenvalue weighted by atomic mass is 16.2. The van der Waals surface area contributed by atoms with Crippen LogP contribution in [-0.2, 0) is 11.8 Å². The fourth-order valence-electron chi connectivity index (χ4n) is 2.76. The van der Waals surface area contributed by atoms with E-state index >= 15 is 0 Å². The maximum atomic E-state index is 12.5. The van der Waals surface area contributed by atoms with E-state index in [9.17, 15) is 4.79 Å². The van der Waals surface area contributed by atoms with Gasteiger partial charge in [0.2, 0.25) is 5.91 Å². The quantitative estimate of drug-likeness (QED) is 0.424. The number of rotatable bonds is 5. The molecule has 1 amide bonds. The van der Waals surface area contributed by atoms with Crippen LogP contribution in [0.2, 0.25) is 0 Å². The monoisotopic (exact) mass is 357 g/mol. The van der Waals surface area contributed by atoms with Gasteiger partial charge in [0.25, 0.3) is 0 Å². The molecule has 0 aliphatic carbocycles. The number of piperazine rings is 1. The number of aryl methyl sites for hydroxylation is 1. The molecule has 2 aromatic heterocycles. The van der Waals surface area contributed by atoms with E-state index in [1.165, 1.54) is 0 Å². The van der Waals surface area contributed by atoms with Gasteiger partial charge in [-0.3, -0.25) is 19.5 Å². The van der Waals surface area contributed by atoms with Crippen LogP contribution in [0.5, 0.6) is 0 Å². The van der Waals surface area contributed by atoms with Crippen LogP contribution in [-0.4, -0.2) is 76.3 Å². The number of hydrogen-bond donors (Lipinski definition) is 2. The molecule has 3 rings (SSSR count). The molecule has 3 heterocycles. The highest BCUT2D eigenvalue weighted by Gasteiger charge is 2.27. The lowest BCUT2D eigenvalue weighted by molar-refractivity contribution is -0.120. The van der Waals surface area contributed by atoms with Crippen molar-refractivity contribution in [3.63, 3.8) is 0 Å². The Kier molecular flexibility index (Phi) is 5.62. The van der Waals surface area contributed by atoms with E-state index in [2.05, 4.69) is 30.7 Å². The second kappa shape index (κ2) is 8.28. The lowest BCUT2D eigenvalue weighted by atomic mass is 10.3. The number of carbonyl (C=O) groups is 1. The van der Waals surface area contributed by atoms with Crippen molar-refractivity contribution >= 4 is 23.4 Å². The van der Waals surface area contributed by atoms with Crippen molar-refractivity contribution in [2.24, 2.45) is 12.0 Å². The van der Waals surface area contributed by atoms with Crippen molar-refractivity contribution < 1.29 is 4.79 Å². The lowest BCUT2D eigenvalue weighted by Gasteiger charge is -2.35. The van der Waals surface area contributed by atoms with Crippen LogP contribution in [0.4, 0.5) is 11.5 Å². The highest BCUT2D eigenvalue weighted by molar-refractivity contribution is 5.98. The Balaban J connectivity index is 1.48. The van der Waals surface area contributed by atoms with Crippen molar-refractivity contribution in [1.82, 2.24) is 30.0 Å². The van der Waals surface area contributed by atoms with Gasteiger partial charge >= 0.3 is 0 Å². The van der Waals surface area contributed by atoms with E-state index in [1.54, 1.807) is 41.4 Å². The number of aromatic nitrogens is 4. The Morgan fingerprint density at radius 3 is 2.81 bits per heavy atom. The Labute approximate surface area is 151 Å². The molecular weight excluding hydrogens is 334 g/mol. The summed E-state index contributed by atoms with van der Waals surface area (Å²) >= 11 is 0. The average Bonchev–Trinajstić information content (AvgIpc) is 3.08. The summed E-state index contributed by atoms with van der Waals surface area (Å²) < 4.78 is 1.69. The number of guanidine groups is 1. The summed E-state index contributed by atoms with van der Waals surface area (Å²) in [5.41, 5.74) is 0.827. The first-order valence-corrected chi connectivity index (χ1v) is 8.42. The summed E-state index contributed by atoms with van der Waals surface area (Å²) in [6, 6.07) is 0. The van der Waals surface area contributed by atoms with E-state index in [0.717, 1.165) is 11.5 Å². The van der Waals surface area contributed by atoms with Crippen molar-refractivity contribution in [2.45, 2.75) is 0 Å². The summed E-state index contributed by atoms with van der Waals surface area (Å²) in [5, 5.41) is 10.6. The average molecular weight is 357 g/mol. The van der Waals surface area contributed by atoms with Gasteiger partial charge in [-0.25, -0.2) is 4.98 Å². The zero-order valence-electron chi connectivity index (χ0n) is 15.0. The van der Waals surface area contributed by atoms with Gasteiger partial charge in [0, 0.05) is 58.9 Å². The first-order chi connectivity index (χ1) is 12.7. The van der Waals surface area contributed by atoms with Crippen molar-refractivity contribution in [2.75, 3.05) is 50.0 Å². The summed E-state index contributed by atoms with van der Waals surface area (Å²) in [6.45, 7) is 2.91. The molecular formula is C16H23N9O. The first kappa shape index (κ1) is 17.6. The van der Waals surface area contributed by atoms with Crippen LogP contribution in [0.1, 0.15) is 0 Å². The van der Waals surface area contributed by atoms with Crippen LogP contribution in [0.25, 0.3) is 0 Å². The minimum atomic E-state index is 0.0323. The van der Waals surface area contributed by atoms with Gasteiger partial charge in [-0.2, -0.15) is 5.10 Å². The van der Waals surface area contributed by atoms with E-state index in [0.29, 0.717) is 32.1 Å². The molecule has 2 N–H and O–H groups in total. The molecule has 26 heavy (non-hydrogen) atoms. The number of anilines is 2. The van der Waals surface area contributed by atoms with Crippen molar-refractivity contribution in [1.29, 1.82) is 0 Å². The number of nitrogens with zero attached hydrogens (tertiary/aromatic N) is 7. The van der Waals surface area contributed by atoms with Gasteiger partial charge in [-0.15, -0.1) is 0 Å². The fourth-order valence-corrected chi connectivity index (χ4v) is 2.76. The second-order valence-electron chi connectivity index (χ2n) is 5.83. The number of hydrogen-bond acceptors (Lipinski definition) is 6. The zero-order chi connectivity index (χ0) is 18.4. The molecule has 2 aromatic rings. The van der Waals surface area contributed by atoms with Crippen molar-refractivity contribution in [3.8, 4) is 0 Å². The smallest absolute Gasteiger partial charge is 0.246 e.